The van der Waals surface area contributed by atoms with Gasteiger partial charge in [-0.05, 0) is 25.3 Å². The maximum absolute atomic E-state index is 11.9. The van der Waals surface area contributed by atoms with Gasteiger partial charge in [-0.3, -0.25) is 4.21 Å². The third-order valence-electron chi connectivity index (χ3n) is 3.91. The smallest absolute Gasteiger partial charge is 0.315 e. The summed E-state index contributed by atoms with van der Waals surface area (Å²) in [6, 6.07) is 9.96. The van der Waals surface area contributed by atoms with Crippen molar-refractivity contribution in [2.24, 2.45) is 0 Å². The summed E-state index contributed by atoms with van der Waals surface area (Å²) in [5.41, 5.74) is 1.14. The molecule has 0 aliphatic carbocycles. The predicted octanol–water partition coefficient (Wildman–Crippen LogP) is 1.97. The van der Waals surface area contributed by atoms with E-state index in [4.69, 9.17) is 4.74 Å². The average molecular weight is 324 g/mol. The molecule has 1 saturated heterocycles. The number of rotatable bonds is 5. The van der Waals surface area contributed by atoms with Crippen LogP contribution in [-0.2, 0) is 15.5 Å². The molecule has 2 rings (SSSR count). The molecule has 4 atom stereocenters. The number of nitrogens with one attached hydrogen (secondary N) is 2. The first-order valence-corrected chi connectivity index (χ1v) is 9.21. The maximum atomic E-state index is 11.9. The number of carbonyl (C=O) groups is 1. The zero-order valence-corrected chi connectivity index (χ0v) is 13.9. The van der Waals surface area contributed by atoms with Gasteiger partial charge in [0.25, 0.3) is 0 Å². The lowest BCUT2D eigenvalue weighted by molar-refractivity contribution is 0.00227. The maximum Gasteiger partial charge on any atom is 0.315 e. The molecular formula is C16H24N2O3S. The van der Waals surface area contributed by atoms with E-state index in [9.17, 15) is 9.00 Å². The van der Waals surface area contributed by atoms with Gasteiger partial charge in [-0.25, -0.2) is 4.79 Å². The number of ether oxygens (including phenoxy) is 1. The Kier molecular flexibility index (Phi) is 6.39. The van der Waals surface area contributed by atoms with Crippen LogP contribution in [0, 0.1) is 0 Å². The molecule has 0 saturated carbocycles. The fourth-order valence-corrected chi connectivity index (χ4v) is 2.74. The van der Waals surface area contributed by atoms with E-state index < -0.39 is 10.8 Å². The quantitative estimate of drug-likeness (QED) is 0.870. The van der Waals surface area contributed by atoms with Crippen LogP contribution in [0.3, 0.4) is 0 Å². The van der Waals surface area contributed by atoms with Crippen LogP contribution in [0.1, 0.15) is 31.4 Å². The fourth-order valence-electron chi connectivity index (χ4n) is 2.42. The Balaban J connectivity index is 1.80. The van der Waals surface area contributed by atoms with E-state index >= 15 is 0 Å². The van der Waals surface area contributed by atoms with Crippen LogP contribution >= 0.6 is 0 Å². The summed E-state index contributed by atoms with van der Waals surface area (Å²) in [5, 5.41) is 5.72. The lowest BCUT2D eigenvalue weighted by Crippen LogP contribution is -2.46. The van der Waals surface area contributed by atoms with E-state index in [0.717, 1.165) is 18.4 Å². The lowest BCUT2D eigenvalue weighted by Gasteiger charge is -2.30. The third-order valence-corrected chi connectivity index (χ3v) is 5.21. The van der Waals surface area contributed by atoms with E-state index in [1.165, 1.54) is 0 Å². The molecule has 2 amide bonds. The molecule has 1 aromatic carbocycles. The van der Waals surface area contributed by atoms with Crippen molar-refractivity contribution in [1.29, 1.82) is 0 Å². The third kappa shape index (κ3) is 5.10. The van der Waals surface area contributed by atoms with Gasteiger partial charge in [0, 0.05) is 41.5 Å². The predicted molar refractivity (Wildman–Crippen MR) is 88.2 cm³/mol. The van der Waals surface area contributed by atoms with Crippen molar-refractivity contribution in [3.63, 3.8) is 0 Å². The van der Waals surface area contributed by atoms with Crippen LogP contribution in [-0.4, -0.2) is 40.9 Å². The first kappa shape index (κ1) is 17.0. The van der Waals surface area contributed by atoms with Crippen LogP contribution in [0.15, 0.2) is 30.3 Å². The monoisotopic (exact) mass is 324 g/mol. The molecule has 1 fully saturated rings. The lowest BCUT2D eigenvalue weighted by atomic mass is 9.97. The Morgan fingerprint density at radius 1 is 1.41 bits per heavy atom. The molecule has 0 spiro atoms. The second-order valence-electron chi connectivity index (χ2n) is 5.65. The highest BCUT2D eigenvalue weighted by Gasteiger charge is 2.25. The second kappa shape index (κ2) is 8.29. The number of urea groups is 1. The van der Waals surface area contributed by atoms with Crippen LogP contribution in [0.4, 0.5) is 4.79 Å². The van der Waals surface area contributed by atoms with Crippen molar-refractivity contribution in [3.05, 3.63) is 35.9 Å². The minimum absolute atomic E-state index is 0.0299. The van der Waals surface area contributed by atoms with E-state index in [-0.39, 0.29) is 23.4 Å². The van der Waals surface area contributed by atoms with Crippen molar-refractivity contribution in [2.45, 2.75) is 37.2 Å². The van der Waals surface area contributed by atoms with Gasteiger partial charge in [-0.2, -0.15) is 0 Å². The van der Waals surface area contributed by atoms with Crippen molar-refractivity contribution in [1.82, 2.24) is 10.6 Å². The highest BCUT2D eigenvalue weighted by atomic mass is 32.2. The second-order valence-corrected chi connectivity index (χ2v) is 7.46. The normalized spacial score (nSPS) is 24.3. The van der Waals surface area contributed by atoms with Crippen molar-refractivity contribution < 1.29 is 13.7 Å². The molecule has 1 heterocycles. The van der Waals surface area contributed by atoms with Gasteiger partial charge in [0.2, 0.25) is 0 Å². The molecule has 22 heavy (non-hydrogen) atoms. The summed E-state index contributed by atoms with van der Waals surface area (Å²) in [6.45, 7) is 2.91. The molecule has 1 aromatic rings. The summed E-state index contributed by atoms with van der Waals surface area (Å²) >= 11 is 0. The standard InChI is InChI=1S/C16H24N2O3S/c1-12(22(2)20)11-17-16(19)18-14-8-9-21-15(10-14)13-6-4-3-5-7-13/h3-7,12,14-15H,8-11H2,1-2H3,(H2,17,18,19). The summed E-state index contributed by atoms with van der Waals surface area (Å²) in [5.74, 6) is 0. The highest BCUT2D eigenvalue weighted by molar-refractivity contribution is 7.84. The number of hydrogen-bond donors (Lipinski definition) is 2. The van der Waals surface area contributed by atoms with Crippen molar-refractivity contribution in [2.75, 3.05) is 19.4 Å². The molecule has 5 nitrogen and oxygen atoms in total. The number of amides is 2. The fraction of sp³-hybridized carbons (Fsp3) is 0.562. The molecular weight excluding hydrogens is 300 g/mol. The molecule has 122 valence electrons. The summed E-state index contributed by atoms with van der Waals surface area (Å²) in [4.78, 5) is 11.9. The van der Waals surface area contributed by atoms with E-state index in [0.29, 0.717) is 13.2 Å². The number of carbonyl (C=O) groups excluding carboxylic acids is 1. The Morgan fingerprint density at radius 2 is 2.14 bits per heavy atom. The molecule has 0 aromatic heterocycles. The average Bonchev–Trinajstić information content (AvgIpc) is 2.53. The van der Waals surface area contributed by atoms with Gasteiger partial charge in [-0.15, -0.1) is 0 Å². The van der Waals surface area contributed by atoms with Gasteiger partial charge >= 0.3 is 6.03 Å². The summed E-state index contributed by atoms with van der Waals surface area (Å²) in [7, 11) is -0.927. The van der Waals surface area contributed by atoms with Gasteiger partial charge in [0.1, 0.15) is 0 Å². The van der Waals surface area contributed by atoms with Crippen LogP contribution < -0.4 is 10.6 Å². The minimum atomic E-state index is -0.927. The summed E-state index contributed by atoms with van der Waals surface area (Å²) in [6.07, 6.45) is 3.26. The van der Waals surface area contributed by atoms with Crippen LogP contribution in [0.2, 0.25) is 0 Å². The van der Waals surface area contributed by atoms with E-state index in [2.05, 4.69) is 10.6 Å². The van der Waals surface area contributed by atoms with Gasteiger partial charge < -0.3 is 15.4 Å². The zero-order valence-electron chi connectivity index (χ0n) is 13.1. The van der Waals surface area contributed by atoms with Crippen molar-refractivity contribution in [3.8, 4) is 0 Å². The van der Waals surface area contributed by atoms with Crippen molar-refractivity contribution >= 4 is 16.8 Å². The zero-order chi connectivity index (χ0) is 15.9. The molecule has 0 radical (unpaired) electrons. The highest BCUT2D eigenvalue weighted by Crippen LogP contribution is 2.27. The van der Waals surface area contributed by atoms with E-state index in [1.54, 1.807) is 6.26 Å². The molecule has 1 aliphatic heterocycles. The molecule has 6 heteroatoms. The minimum Gasteiger partial charge on any atom is -0.373 e. The van der Waals surface area contributed by atoms with Crippen LogP contribution in [0.25, 0.3) is 0 Å². The number of hydrogen-bond acceptors (Lipinski definition) is 3. The van der Waals surface area contributed by atoms with Crippen LogP contribution in [0.5, 0.6) is 0 Å². The van der Waals surface area contributed by atoms with E-state index in [1.807, 2.05) is 37.3 Å². The van der Waals surface area contributed by atoms with Gasteiger partial charge in [0.05, 0.1) is 6.10 Å². The molecule has 2 N–H and O–H groups in total. The topological polar surface area (TPSA) is 67.4 Å². The Morgan fingerprint density at radius 3 is 2.82 bits per heavy atom. The first-order valence-electron chi connectivity index (χ1n) is 7.59. The summed E-state index contributed by atoms with van der Waals surface area (Å²) < 4.78 is 17.1. The molecule has 4 unspecified atom stereocenters. The molecule has 0 bridgehead atoms. The molecule has 1 aliphatic rings. The van der Waals surface area contributed by atoms with Gasteiger partial charge in [-0.1, -0.05) is 30.3 Å². The SMILES string of the molecule is CC(CNC(=O)NC1CCOC(c2ccccc2)C1)S(C)=O. The van der Waals surface area contributed by atoms with Gasteiger partial charge in [0.15, 0.2) is 0 Å². The Bertz CT molecular complexity index is 509. The number of benzene rings is 1. The Hall–Kier alpha value is -1.40. The first-order chi connectivity index (χ1) is 10.6. The Labute approximate surface area is 134 Å². The largest absolute Gasteiger partial charge is 0.373 e.